The maximum absolute atomic E-state index is 10.8. The molecule has 90 valence electrons. The highest BCUT2D eigenvalue weighted by Gasteiger charge is 2.16. The summed E-state index contributed by atoms with van der Waals surface area (Å²) < 4.78 is 0. The van der Waals surface area contributed by atoms with Gasteiger partial charge in [-0.1, -0.05) is 13.8 Å². The molecule has 0 spiro atoms. The van der Waals surface area contributed by atoms with Crippen LogP contribution in [0.1, 0.15) is 13.8 Å². The average molecular weight is 216 g/mol. The van der Waals surface area contributed by atoms with Gasteiger partial charge in [-0.25, -0.2) is 0 Å². The summed E-state index contributed by atoms with van der Waals surface area (Å²) in [6, 6.07) is -0.279. The number of hydrogen-bond donors (Lipinski definition) is 3. The lowest BCUT2D eigenvalue weighted by atomic mass is 10.0. The maximum atomic E-state index is 10.8. The van der Waals surface area contributed by atoms with E-state index in [1.807, 2.05) is 14.1 Å². The van der Waals surface area contributed by atoms with E-state index in [9.17, 15) is 4.79 Å². The first-order valence-corrected chi connectivity index (χ1v) is 5.27. The van der Waals surface area contributed by atoms with Crippen molar-refractivity contribution in [3.63, 3.8) is 0 Å². The minimum atomic E-state index is -0.603. The fraction of sp³-hybridized carbons (Fsp3) is 0.900. The van der Waals surface area contributed by atoms with Gasteiger partial charge in [-0.05, 0) is 20.0 Å². The van der Waals surface area contributed by atoms with Crippen LogP contribution >= 0.6 is 0 Å². The zero-order valence-corrected chi connectivity index (χ0v) is 10.2. The number of likely N-dealkylation sites (N-methyl/N-ethyl adjacent to an activating group) is 1. The Hall–Kier alpha value is -0.650. The molecule has 0 aliphatic heterocycles. The van der Waals surface area contributed by atoms with Gasteiger partial charge < -0.3 is 21.7 Å². The number of nitrogens with zero attached hydrogens (tertiary/aromatic N) is 1. The van der Waals surface area contributed by atoms with Gasteiger partial charge in [0.05, 0.1) is 6.04 Å². The molecular weight excluding hydrogens is 192 g/mol. The Morgan fingerprint density at radius 1 is 1.40 bits per heavy atom. The number of amides is 1. The molecule has 2 unspecified atom stereocenters. The second kappa shape index (κ2) is 6.76. The molecule has 5 nitrogen and oxygen atoms in total. The van der Waals surface area contributed by atoms with Gasteiger partial charge in [-0.3, -0.25) is 4.79 Å². The minimum Gasteiger partial charge on any atom is -0.368 e. The summed E-state index contributed by atoms with van der Waals surface area (Å²) in [4.78, 5) is 12.9. The standard InChI is InChI=1S/C10H24N4O/c1-7(2)9(6-14(3)4)13-5-8(11)10(12)15/h7-9,13H,5-6,11H2,1-4H3,(H2,12,15). The molecule has 0 aromatic heterocycles. The molecule has 0 saturated carbocycles. The Kier molecular flexibility index (Phi) is 6.47. The average Bonchev–Trinajstić information content (AvgIpc) is 2.10. The van der Waals surface area contributed by atoms with Gasteiger partial charge in [0, 0.05) is 19.1 Å². The molecule has 5 heteroatoms. The van der Waals surface area contributed by atoms with Crippen LogP contribution < -0.4 is 16.8 Å². The van der Waals surface area contributed by atoms with Crippen molar-refractivity contribution in [1.82, 2.24) is 10.2 Å². The van der Waals surface area contributed by atoms with Gasteiger partial charge in [-0.2, -0.15) is 0 Å². The number of hydrogen-bond acceptors (Lipinski definition) is 4. The third-order valence-corrected chi connectivity index (χ3v) is 2.33. The summed E-state index contributed by atoms with van der Waals surface area (Å²) in [6.45, 7) is 5.63. The van der Waals surface area contributed by atoms with E-state index in [-0.39, 0.29) is 0 Å². The molecule has 2 atom stereocenters. The van der Waals surface area contributed by atoms with Crippen molar-refractivity contribution >= 4 is 5.91 Å². The van der Waals surface area contributed by atoms with Gasteiger partial charge in [0.15, 0.2) is 0 Å². The summed E-state index contributed by atoms with van der Waals surface area (Å²) >= 11 is 0. The van der Waals surface area contributed by atoms with E-state index in [0.717, 1.165) is 6.54 Å². The van der Waals surface area contributed by atoms with E-state index >= 15 is 0 Å². The van der Waals surface area contributed by atoms with Crippen LogP contribution in [0.25, 0.3) is 0 Å². The molecule has 0 fully saturated rings. The molecule has 0 aromatic rings. The van der Waals surface area contributed by atoms with E-state index in [0.29, 0.717) is 18.5 Å². The van der Waals surface area contributed by atoms with Gasteiger partial charge >= 0.3 is 0 Å². The van der Waals surface area contributed by atoms with Crippen molar-refractivity contribution < 1.29 is 4.79 Å². The van der Waals surface area contributed by atoms with E-state index < -0.39 is 11.9 Å². The van der Waals surface area contributed by atoms with Gasteiger partial charge in [0.2, 0.25) is 5.91 Å². The predicted octanol–water partition coefficient (Wildman–Crippen LogP) is -1.03. The highest BCUT2D eigenvalue weighted by molar-refractivity contribution is 5.79. The zero-order chi connectivity index (χ0) is 12.0. The zero-order valence-electron chi connectivity index (χ0n) is 10.2. The fourth-order valence-electron chi connectivity index (χ4n) is 1.28. The summed E-state index contributed by atoms with van der Waals surface area (Å²) in [5.41, 5.74) is 10.6. The Morgan fingerprint density at radius 2 is 1.93 bits per heavy atom. The van der Waals surface area contributed by atoms with Crippen LogP contribution in [0.15, 0.2) is 0 Å². The summed E-state index contributed by atoms with van der Waals surface area (Å²) in [7, 11) is 4.04. The largest absolute Gasteiger partial charge is 0.368 e. The van der Waals surface area contributed by atoms with Crippen LogP contribution in [0.5, 0.6) is 0 Å². The number of primary amides is 1. The molecule has 0 saturated heterocycles. The predicted molar refractivity (Wildman–Crippen MR) is 62.4 cm³/mol. The first-order chi connectivity index (χ1) is 6.84. The molecule has 0 radical (unpaired) electrons. The van der Waals surface area contributed by atoms with Crippen molar-refractivity contribution in [3.05, 3.63) is 0 Å². The van der Waals surface area contributed by atoms with Crippen LogP contribution in [-0.2, 0) is 4.79 Å². The summed E-state index contributed by atoms with van der Waals surface area (Å²) in [6.07, 6.45) is 0. The summed E-state index contributed by atoms with van der Waals surface area (Å²) in [5, 5.41) is 3.26. The Bertz CT molecular complexity index is 194. The number of nitrogens with one attached hydrogen (secondary N) is 1. The molecule has 0 aliphatic carbocycles. The molecule has 0 bridgehead atoms. The normalized spacial score (nSPS) is 15.7. The molecule has 5 N–H and O–H groups in total. The third kappa shape index (κ3) is 6.43. The monoisotopic (exact) mass is 216 g/mol. The number of carbonyl (C=O) groups excluding carboxylic acids is 1. The van der Waals surface area contributed by atoms with Crippen LogP contribution in [0, 0.1) is 5.92 Å². The number of carbonyl (C=O) groups is 1. The maximum Gasteiger partial charge on any atom is 0.235 e. The highest BCUT2D eigenvalue weighted by atomic mass is 16.1. The fourth-order valence-corrected chi connectivity index (χ4v) is 1.28. The Balaban J connectivity index is 4.01. The van der Waals surface area contributed by atoms with Crippen molar-refractivity contribution in [1.29, 1.82) is 0 Å². The lowest BCUT2D eigenvalue weighted by Gasteiger charge is -2.26. The topological polar surface area (TPSA) is 84.4 Å². The molecule has 0 aliphatic rings. The van der Waals surface area contributed by atoms with E-state index in [4.69, 9.17) is 11.5 Å². The SMILES string of the molecule is CC(C)C(CN(C)C)NCC(N)C(N)=O. The minimum absolute atomic E-state index is 0.324. The molecule has 15 heavy (non-hydrogen) atoms. The van der Waals surface area contributed by atoms with Crippen molar-refractivity contribution in [2.45, 2.75) is 25.9 Å². The summed E-state index contributed by atoms with van der Waals surface area (Å²) in [5.74, 6) is 0.0299. The smallest absolute Gasteiger partial charge is 0.235 e. The Labute approximate surface area is 92.2 Å². The van der Waals surface area contributed by atoms with Crippen molar-refractivity contribution in [2.75, 3.05) is 27.2 Å². The second-order valence-electron chi connectivity index (χ2n) is 4.53. The molecule has 0 rings (SSSR count). The first-order valence-electron chi connectivity index (χ1n) is 5.27. The van der Waals surface area contributed by atoms with E-state index in [1.165, 1.54) is 0 Å². The molecule has 0 heterocycles. The van der Waals surface area contributed by atoms with Crippen LogP contribution in [0.2, 0.25) is 0 Å². The van der Waals surface area contributed by atoms with Gasteiger partial charge in [-0.15, -0.1) is 0 Å². The molecule has 0 aromatic carbocycles. The molecular formula is C10H24N4O. The van der Waals surface area contributed by atoms with Gasteiger partial charge in [0.25, 0.3) is 0 Å². The first kappa shape index (κ1) is 14.3. The number of rotatable bonds is 7. The number of nitrogens with two attached hydrogens (primary N) is 2. The quantitative estimate of drug-likeness (QED) is 0.508. The lowest BCUT2D eigenvalue weighted by molar-refractivity contribution is -0.119. The Morgan fingerprint density at radius 3 is 2.27 bits per heavy atom. The third-order valence-electron chi connectivity index (χ3n) is 2.33. The van der Waals surface area contributed by atoms with Crippen LogP contribution in [0.4, 0.5) is 0 Å². The molecule has 1 amide bonds. The van der Waals surface area contributed by atoms with E-state index in [1.54, 1.807) is 0 Å². The van der Waals surface area contributed by atoms with Crippen molar-refractivity contribution in [2.24, 2.45) is 17.4 Å². The highest BCUT2D eigenvalue weighted by Crippen LogP contribution is 2.02. The van der Waals surface area contributed by atoms with Crippen LogP contribution in [0.3, 0.4) is 0 Å². The second-order valence-corrected chi connectivity index (χ2v) is 4.53. The van der Waals surface area contributed by atoms with Crippen molar-refractivity contribution in [3.8, 4) is 0 Å². The van der Waals surface area contributed by atoms with Crippen LogP contribution in [-0.4, -0.2) is 50.1 Å². The lowest BCUT2D eigenvalue weighted by Crippen LogP contribution is -2.50. The van der Waals surface area contributed by atoms with E-state index in [2.05, 4.69) is 24.1 Å². The van der Waals surface area contributed by atoms with Gasteiger partial charge in [0.1, 0.15) is 0 Å².